The predicted octanol–water partition coefficient (Wildman–Crippen LogP) is 3.80. The van der Waals surface area contributed by atoms with E-state index in [0.29, 0.717) is 17.3 Å². The zero-order chi connectivity index (χ0) is 22.5. The molecule has 3 N–H and O–H groups in total. The minimum atomic E-state index is -0.506. The van der Waals surface area contributed by atoms with Gasteiger partial charge >= 0.3 is 0 Å². The van der Waals surface area contributed by atoms with Crippen LogP contribution in [-0.4, -0.2) is 61.1 Å². The summed E-state index contributed by atoms with van der Waals surface area (Å²) >= 11 is 0. The molecule has 0 amide bonds. The maximum atomic E-state index is 10.6. The van der Waals surface area contributed by atoms with Gasteiger partial charge in [-0.15, -0.1) is 10.2 Å². The molecule has 1 unspecified atom stereocenters. The van der Waals surface area contributed by atoms with E-state index in [4.69, 9.17) is 0 Å². The number of phenols is 1. The van der Waals surface area contributed by atoms with Crippen molar-refractivity contribution in [3.05, 3.63) is 41.6 Å². The van der Waals surface area contributed by atoms with Crippen LogP contribution in [0.5, 0.6) is 5.75 Å². The number of hydrogen-bond acceptors (Lipinski definition) is 7. The van der Waals surface area contributed by atoms with E-state index in [9.17, 15) is 10.2 Å². The molecule has 1 atom stereocenters. The smallest absolute Gasteiger partial charge is 0.158 e. The second-order valence-electron chi connectivity index (χ2n) is 9.81. The standard InChI is InChI=1S/C25H31N5O2/c1-15-10-16(2)21(20(31)11-15)23-22-19(7-4-8-26-22)24(29-28-23)27-17-6-5-9-30(14-17)18-12-25(3,32)13-18/h4,7-8,10-11,17-18,31-32H,5-6,9,12-14H2,1-3H3,(H,27,29). The molecule has 2 fully saturated rings. The van der Waals surface area contributed by atoms with Crippen LogP contribution in [0.3, 0.4) is 0 Å². The Hall–Kier alpha value is -2.77. The van der Waals surface area contributed by atoms with Crippen molar-refractivity contribution in [2.24, 2.45) is 0 Å². The Kier molecular flexibility index (Phi) is 5.26. The average molecular weight is 434 g/mol. The van der Waals surface area contributed by atoms with Gasteiger partial charge in [-0.3, -0.25) is 9.88 Å². The summed E-state index contributed by atoms with van der Waals surface area (Å²) in [6.07, 6.45) is 5.64. The number of benzene rings is 1. The van der Waals surface area contributed by atoms with Crippen molar-refractivity contribution < 1.29 is 10.2 Å². The maximum absolute atomic E-state index is 10.6. The fourth-order valence-corrected chi connectivity index (χ4v) is 5.38. The first-order valence-electron chi connectivity index (χ1n) is 11.5. The predicted molar refractivity (Wildman–Crippen MR) is 126 cm³/mol. The van der Waals surface area contributed by atoms with Gasteiger partial charge < -0.3 is 15.5 Å². The van der Waals surface area contributed by atoms with Crippen LogP contribution < -0.4 is 5.32 Å². The minimum absolute atomic E-state index is 0.198. The first-order chi connectivity index (χ1) is 15.3. The number of anilines is 1. The summed E-state index contributed by atoms with van der Waals surface area (Å²) in [6.45, 7) is 7.87. The number of nitrogens with one attached hydrogen (secondary N) is 1. The number of nitrogens with zero attached hydrogens (tertiary/aromatic N) is 4. The van der Waals surface area contributed by atoms with E-state index < -0.39 is 5.60 Å². The van der Waals surface area contributed by atoms with E-state index in [2.05, 4.69) is 25.4 Å². The monoisotopic (exact) mass is 433 g/mol. The molecule has 0 spiro atoms. The first kappa shape index (κ1) is 21.1. The van der Waals surface area contributed by atoms with Crippen LogP contribution in [0.15, 0.2) is 30.5 Å². The van der Waals surface area contributed by atoms with Crippen molar-refractivity contribution in [2.45, 2.75) is 64.1 Å². The zero-order valence-electron chi connectivity index (χ0n) is 19.0. The number of likely N-dealkylation sites (tertiary alicyclic amines) is 1. The molecular formula is C25H31N5O2. The van der Waals surface area contributed by atoms with Gasteiger partial charge in [0.05, 0.1) is 5.60 Å². The van der Waals surface area contributed by atoms with E-state index >= 15 is 0 Å². The fourth-order valence-electron chi connectivity index (χ4n) is 5.38. The maximum Gasteiger partial charge on any atom is 0.158 e. The number of phenolic OH excluding ortho intramolecular Hbond substituents is 1. The van der Waals surface area contributed by atoms with Gasteiger partial charge in [0.1, 0.15) is 17.0 Å². The number of piperidine rings is 1. The van der Waals surface area contributed by atoms with E-state index in [1.165, 1.54) is 0 Å². The highest BCUT2D eigenvalue weighted by Gasteiger charge is 2.42. The van der Waals surface area contributed by atoms with Crippen LogP contribution in [0.2, 0.25) is 0 Å². The highest BCUT2D eigenvalue weighted by molar-refractivity contribution is 5.98. The Morgan fingerprint density at radius 2 is 2.00 bits per heavy atom. The van der Waals surface area contributed by atoms with E-state index in [1.54, 1.807) is 12.3 Å². The molecular weight excluding hydrogens is 402 g/mol. The van der Waals surface area contributed by atoms with Crippen LogP contribution in [0, 0.1) is 13.8 Å². The number of aliphatic hydroxyl groups is 1. The number of fused-ring (bicyclic) bond motifs is 1. The van der Waals surface area contributed by atoms with Crippen molar-refractivity contribution in [1.82, 2.24) is 20.1 Å². The lowest BCUT2D eigenvalue weighted by molar-refractivity contribution is -0.0823. The van der Waals surface area contributed by atoms with Crippen molar-refractivity contribution in [3.8, 4) is 17.0 Å². The molecule has 1 aliphatic heterocycles. The first-order valence-corrected chi connectivity index (χ1v) is 11.5. The summed E-state index contributed by atoms with van der Waals surface area (Å²) in [5.41, 5.74) is 3.46. The average Bonchev–Trinajstić information content (AvgIpc) is 2.73. The minimum Gasteiger partial charge on any atom is -0.507 e. The largest absolute Gasteiger partial charge is 0.507 e. The van der Waals surface area contributed by atoms with Crippen LogP contribution in [0.25, 0.3) is 22.2 Å². The summed E-state index contributed by atoms with van der Waals surface area (Å²) in [6, 6.07) is 8.43. The Labute approximate surface area is 188 Å². The molecule has 5 rings (SSSR count). The molecule has 1 aromatic carbocycles. The lowest BCUT2D eigenvalue weighted by Gasteiger charge is -2.49. The molecule has 3 heterocycles. The van der Waals surface area contributed by atoms with Crippen molar-refractivity contribution >= 4 is 16.7 Å². The van der Waals surface area contributed by atoms with Gasteiger partial charge in [-0.25, -0.2) is 0 Å². The van der Waals surface area contributed by atoms with E-state index in [1.807, 2.05) is 39.0 Å². The van der Waals surface area contributed by atoms with Crippen LogP contribution in [0.1, 0.15) is 43.7 Å². The summed E-state index contributed by atoms with van der Waals surface area (Å²) in [5, 5.41) is 34.3. The SMILES string of the molecule is Cc1cc(C)c(-c2nnc(NC3CCCN(C4CC(C)(O)C4)C3)c3cccnc23)c(O)c1. The molecule has 2 aliphatic rings. The number of aromatic hydroxyl groups is 1. The Balaban J connectivity index is 1.43. The molecule has 1 saturated heterocycles. The Morgan fingerprint density at radius 3 is 2.75 bits per heavy atom. The number of rotatable bonds is 4. The summed E-state index contributed by atoms with van der Waals surface area (Å²) in [4.78, 5) is 7.10. The van der Waals surface area contributed by atoms with Crippen LogP contribution >= 0.6 is 0 Å². The molecule has 0 bridgehead atoms. The molecule has 168 valence electrons. The molecule has 7 heteroatoms. The Morgan fingerprint density at radius 1 is 1.19 bits per heavy atom. The molecule has 0 radical (unpaired) electrons. The lowest BCUT2D eigenvalue weighted by atomic mass is 9.76. The van der Waals surface area contributed by atoms with Crippen molar-refractivity contribution in [2.75, 3.05) is 18.4 Å². The topological polar surface area (TPSA) is 94.4 Å². The van der Waals surface area contributed by atoms with E-state index in [0.717, 1.165) is 66.6 Å². The van der Waals surface area contributed by atoms with Crippen LogP contribution in [0.4, 0.5) is 5.82 Å². The van der Waals surface area contributed by atoms with Gasteiger partial charge in [0.25, 0.3) is 0 Å². The number of aryl methyl sites for hydroxylation is 2. The number of aromatic nitrogens is 3. The van der Waals surface area contributed by atoms with Crippen LogP contribution in [-0.2, 0) is 0 Å². The van der Waals surface area contributed by atoms with Gasteiger partial charge in [-0.05, 0) is 82.3 Å². The molecule has 1 saturated carbocycles. The number of pyridine rings is 1. The lowest BCUT2D eigenvalue weighted by Crippen LogP contribution is -2.57. The number of hydrogen-bond donors (Lipinski definition) is 3. The van der Waals surface area contributed by atoms with Gasteiger partial charge in [-0.1, -0.05) is 6.07 Å². The van der Waals surface area contributed by atoms with Gasteiger partial charge in [0.15, 0.2) is 5.82 Å². The molecule has 32 heavy (non-hydrogen) atoms. The zero-order valence-corrected chi connectivity index (χ0v) is 19.0. The van der Waals surface area contributed by atoms with Gasteiger partial charge in [-0.2, -0.15) is 0 Å². The van der Waals surface area contributed by atoms with Gasteiger partial charge in [0.2, 0.25) is 0 Å². The highest BCUT2D eigenvalue weighted by Crippen LogP contribution is 2.38. The third-order valence-electron chi connectivity index (χ3n) is 6.89. The van der Waals surface area contributed by atoms with Crippen molar-refractivity contribution in [1.29, 1.82) is 0 Å². The normalized spacial score (nSPS) is 26.1. The summed E-state index contributed by atoms with van der Waals surface area (Å²) in [7, 11) is 0. The second-order valence-corrected chi connectivity index (χ2v) is 9.81. The van der Waals surface area contributed by atoms with Crippen molar-refractivity contribution in [3.63, 3.8) is 0 Å². The summed E-state index contributed by atoms with van der Waals surface area (Å²) < 4.78 is 0. The van der Waals surface area contributed by atoms with E-state index in [-0.39, 0.29) is 11.8 Å². The fraction of sp³-hybridized carbons (Fsp3) is 0.480. The quantitative estimate of drug-likeness (QED) is 0.576. The second kappa shape index (κ2) is 7.98. The highest BCUT2D eigenvalue weighted by atomic mass is 16.3. The van der Waals surface area contributed by atoms with Gasteiger partial charge in [0, 0.05) is 35.8 Å². The molecule has 2 aromatic heterocycles. The third-order valence-corrected chi connectivity index (χ3v) is 6.89. The third kappa shape index (κ3) is 3.91. The molecule has 3 aromatic rings. The molecule has 7 nitrogen and oxygen atoms in total. The Bertz CT molecular complexity index is 1130. The summed E-state index contributed by atoms with van der Waals surface area (Å²) in [5.74, 6) is 0.928. The molecule has 1 aliphatic carbocycles.